The van der Waals surface area contributed by atoms with Gasteiger partial charge in [0.25, 0.3) is 0 Å². The van der Waals surface area contributed by atoms with Crippen LogP contribution in [0.2, 0.25) is 0 Å². The number of hydrogen-bond donors (Lipinski definition) is 0. The zero-order chi connectivity index (χ0) is 13.4. The van der Waals surface area contributed by atoms with E-state index in [9.17, 15) is 9.18 Å². The van der Waals surface area contributed by atoms with Crippen LogP contribution in [-0.2, 0) is 4.79 Å². The highest BCUT2D eigenvalue weighted by molar-refractivity contribution is 5.75. The number of nitriles is 1. The molecule has 1 aromatic rings. The van der Waals surface area contributed by atoms with E-state index in [0.717, 1.165) is 0 Å². The molecule has 96 valence electrons. The summed E-state index contributed by atoms with van der Waals surface area (Å²) in [6.45, 7) is 0.520. The summed E-state index contributed by atoms with van der Waals surface area (Å²) in [7, 11) is 1.63. The molecule has 0 radical (unpaired) electrons. The predicted molar refractivity (Wildman–Crippen MR) is 64.4 cm³/mol. The molecule has 0 saturated heterocycles. The van der Waals surface area contributed by atoms with Gasteiger partial charge in [0.05, 0.1) is 25.5 Å². The lowest BCUT2D eigenvalue weighted by molar-refractivity contribution is -0.130. The van der Waals surface area contributed by atoms with Crippen molar-refractivity contribution in [3.05, 3.63) is 30.1 Å². The van der Waals surface area contributed by atoms with Crippen LogP contribution < -0.4 is 4.74 Å². The Morgan fingerprint density at radius 1 is 1.50 bits per heavy atom. The van der Waals surface area contributed by atoms with E-state index in [-0.39, 0.29) is 24.7 Å². The van der Waals surface area contributed by atoms with Crippen LogP contribution in [0, 0.1) is 17.1 Å². The summed E-state index contributed by atoms with van der Waals surface area (Å²) in [6, 6.07) is 8.02. The van der Waals surface area contributed by atoms with E-state index in [2.05, 4.69) is 0 Å². The molecule has 0 bridgehead atoms. The van der Waals surface area contributed by atoms with E-state index in [4.69, 9.17) is 10.00 Å². The minimum absolute atomic E-state index is 0.122. The molecule has 0 fully saturated rings. The van der Waals surface area contributed by atoms with Crippen LogP contribution in [0.1, 0.15) is 12.8 Å². The molecular formula is C13H15FN2O2. The summed E-state index contributed by atoms with van der Waals surface area (Å²) >= 11 is 0. The maximum Gasteiger partial charge on any atom is 0.225 e. The maximum absolute atomic E-state index is 13.2. The first-order chi connectivity index (χ1) is 8.65. The average Bonchev–Trinajstić information content (AvgIpc) is 2.38. The second kappa shape index (κ2) is 7.28. The van der Waals surface area contributed by atoms with Gasteiger partial charge < -0.3 is 9.64 Å². The van der Waals surface area contributed by atoms with E-state index in [1.165, 1.54) is 17.0 Å². The molecule has 1 amide bonds. The number of nitrogens with zero attached hydrogens (tertiary/aromatic N) is 2. The minimum atomic E-state index is -0.442. The Balaban J connectivity index is 2.32. The van der Waals surface area contributed by atoms with E-state index in [1.807, 2.05) is 6.07 Å². The average molecular weight is 250 g/mol. The molecule has 0 saturated carbocycles. The lowest BCUT2D eigenvalue weighted by Gasteiger charge is -2.15. The van der Waals surface area contributed by atoms with Crippen molar-refractivity contribution in [2.75, 3.05) is 20.2 Å². The lowest BCUT2D eigenvalue weighted by atomic mass is 10.3. The molecule has 0 aliphatic carbocycles. The number of rotatable bonds is 6. The van der Waals surface area contributed by atoms with Gasteiger partial charge in [0.1, 0.15) is 0 Å². The quantitative estimate of drug-likeness (QED) is 0.775. The van der Waals surface area contributed by atoms with Gasteiger partial charge in [-0.3, -0.25) is 4.79 Å². The number of ether oxygens (including phenoxy) is 1. The molecule has 0 spiro atoms. The third kappa shape index (κ3) is 4.42. The Hall–Kier alpha value is -2.09. The summed E-state index contributed by atoms with van der Waals surface area (Å²) in [5.41, 5.74) is 0. The van der Waals surface area contributed by atoms with Gasteiger partial charge in [-0.1, -0.05) is 12.1 Å². The van der Waals surface area contributed by atoms with Crippen molar-refractivity contribution >= 4 is 5.91 Å². The fourth-order valence-corrected chi connectivity index (χ4v) is 1.34. The Labute approximate surface area is 106 Å². The van der Waals surface area contributed by atoms with Crippen molar-refractivity contribution in [2.24, 2.45) is 0 Å². The Kier molecular flexibility index (Phi) is 5.65. The first-order valence-corrected chi connectivity index (χ1v) is 5.63. The van der Waals surface area contributed by atoms with Gasteiger partial charge in [-0.2, -0.15) is 5.26 Å². The Morgan fingerprint density at radius 2 is 2.22 bits per heavy atom. The van der Waals surface area contributed by atoms with Gasteiger partial charge in [0.15, 0.2) is 11.6 Å². The monoisotopic (exact) mass is 250 g/mol. The number of para-hydroxylation sites is 1. The fourth-order valence-electron chi connectivity index (χ4n) is 1.34. The zero-order valence-electron chi connectivity index (χ0n) is 10.2. The molecular weight excluding hydrogens is 235 g/mol. The Morgan fingerprint density at radius 3 is 2.89 bits per heavy atom. The number of halogens is 1. The van der Waals surface area contributed by atoms with Crippen molar-refractivity contribution in [3.8, 4) is 11.8 Å². The number of amides is 1. The van der Waals surface area contributed by atoms with Gasteiger partial charge in [0, 0.05) is 13.6 Å². The van der Waals surface area contributed by atoms with E-state index in [1.54, 1.807) is 19.2 Å². The second-order valence-electron chi connectivity index (χ2n) is 3.75. The van der Waals surface area contributed by atoms with Crippen LogP contribution in [0.15, 0.2) is 24.3 Å². The molecule has 18 heavy (non-hydrogen) atoms. The Bertz CT molecular complexity index is 443. The van der Waals surface area contributed by atoms with E-state index >= 15 is 0 Å². The van der Waals surface area contributed by atoms with Crippen LogP contribution in [-0.4, -0.2) is 31.0 Å². The fraction of sp³-hybridized carbons (Fsp3) is 0.385. The van der Waals surface area contributed by atoms with Crippen molar-refractivity contribution in [1.82, 2.24) is 4.90 Å². The molecule has 0 heterocycles. The second-order valence-corrected chi connectivity index (χ2v) is 3.75. The van der Waals surface area contributed by atoms with Gasteiger partial charge in [-0.15, -0.1) is 0 Å². The van der Waals surface area contributed by atoms with Gasteiger partial charge >= 0.3 is 0 Å². The number of carbonyl (C=O) groups excluding carboxylic acids is 1. The van der Waals surface area contributed by atoms with Crippen molar-refractivity contribution in [2.45, 2.75) is 12.8 Å². The lowest BCUT2D eigenvalue weighted by Crippen LogP contribution is -2.28. The van der Waals surface area contributed by atoms with Crippen molar-refractivity contribution < 1.29 is 13.9 Å². The van der Waals surface area contributed by atoms with Crippen LogP contribution in [0.3, 0.4) is 0 Å². The molecule has 0 atom stereocenters. The van der Waals surface area contributed by atoms with Crippen LogP contribution in [0.4, 0.5) is 4.39 Å². The SMILES string of the molecule is CN(CCC#N)C(=O)CCOc1ccccc1F. The zero-order valence-corrected chi connectivity index (χ0v) is 10.2. The van der Waals surface area contributed by atoms with Crippen LogP contribution in [0.25, 0.3) is 0 Å². The van der Waals surface area contributed by atoms with Crippen LogP contribution >= 0.6 is 0 Å². The largest absolute Gasteiger partial charge is 0.490 e. The number of benzene rings is 1. The van der Waals surface area contributed by atoms with E-state index in [0.29, 0.717) is 13.0 Å². The highest BCUT2D eigenvalue weighted by Gasteiger charge is 2.09. The summed E-state index contributed by atoms with van der Waals surface area (Å²) in [5.74, 6) is -0.422. The molecule has 5 heteroatoms. The first-order valence-electron chi connectivity index (χ1n) is 5.63. The van der Waals surface area contributed by atoms with Crippen molar-refractivity contribution in [1.29, 1.82) is 5.26 Å². The third-order valence-electron chi connectivity index (χ3n) is 2.39. The summed E-state index contributed by atoms with van der Waals surface area (Å²) < 4.78 is 18.4. The molecule has 1 aromatic carbocycles. The minimum Gasteiger partial charge on any atom is -0.490 e. The summed E-state index contributed by atoms with van der Waals surface area (Å²) in [4.78, 5) is 13.0. The summed E-state index contributed by atoms with van der Waals surface area (Å²) in [6.07, 6.45) is 0.465. The molecule has 0 aromatic heterocycles. The van der Waals surface area contributed by atoms with Crippen LogP contribution in [0.5, 0.6) is 5.75 Å². The molecule has 0 unspecified atom stereocenters. The smallest absolute Gasteiger partial charge is 0.225 e. The van der Waals surface area contributed by atoms with Crippen molar-refractivity contribution in [3.63, 3.8) is 0 Å². The van der Waals surface area contributed by atoms with E-state index < -0.39 is 5.82 Å². The third-order valence-corrected chi connectivity index (χ3v) is 2.39. The highest BCUT2D eigenvalue weighted by atomic mass is 19.1. The maximum atomic E-state index is 13.2. The molecule has 0 aliphatic heterocycles. The first kappa shape index (κ1) is 14.0. The number of hydrogen-bond acceptors (Lipinski definition) is 3. The number of carbonyl (C=O) groups is 1. The molecule has 0 aliphatic rings. The highest BCUT2D eigenvalue weighted by Crippen LogP contribution is 2.15. The standard InChI is InChI=1S/C13H15FN2O2/c1-16(9-4-8-15)13(17)7-10-18-12-6-3-2-5-11(12)14/h2-3,5-6H,4,7,9-10H2,1H3. The van der Waals surface area contributed by atoms with Gasteiger partial charge in [-0.05, 0) is 12.1 Å². The molecule has 1 rings (SSSR count). The van der Waals surface area contributed by atoms with Gasteiger partial charge in [-0.25, -0.2) is 4.39 Å². The molecule has 0 N–H and O–H groups in total. The predicted octanol–water partition coefficient (Wildman–Crippen LogP) is 1.97. The van der Waals surface area contributed by atoms with Gasteiger partial charge in [0.2, 0.25) is 5.91 Å². The summed E-state index contributed by atoms with van der Waals surface area (Å²) in [5, 5.41) is 8.40. The normalized spacial score (nSPS) is 9.61. The molecule has 4 nitrogen and oxygen atoms in total. The topological polar surface area (TPSA) is 53.3 Å².